The molecule has 1 amide bonds. The number of rotatable bonds is 15. The van der Waals surface area contributed by atoms with Gasteiger partial charge >= 0.3 is 18.2 Å². The van der Waals surface area contributed by atoms with Gasteiger partial charge in [0.15, 0.2) is 12.4 Å². The predicted octanol–water partition coefficient (Wildman–Crippen LogP) is 2.73. The van der Waals surface area contributed by atoms with Crippen LogP contribution in [0.5, 0.6) is 0 Å². The molecule has 9 heteroatoms. The molecule has 34 heavy (non-hydrogen) atoms. The van der Waals surface area contributed by atoms with Crippen molar-refractivity contribution < 1.29 is 38.3 Å². The van der Waals surface area contributed by atoms with Crippen LogP contribution in [0.2, 0.25) is 0 Å². The molecule has 0 spiro atoms. The summed E-state index contributed by atoms with van der Waals surface area (Å²) in [5.41, 5.74) is 5.57. The van der Waals surface area contributed by atoms with E-state index in [-0.39, 0.29) is 18.1 Å². The highest BCUT2D eigenvalue weighted by molar-refractivity contribution is 5.92. The van der Waals surface area contributed by atoms with Crippen molar-refractivity contribution in [1.29, 1.82) is 0 Å². The van der Waals surface area contributed by atoms with E-state index in [1.54, 1.807) is 12.3 Å². The van der Waals surface area contributed by atoms with Crippen LogP contribution in [0, 0.1) is 0 Å². The van der Waals surface area contributed by atoms with E-state index in [1.165, 1.54) is 62.3 Å². The van der Waals surface area contributed by atoms with Crippen molar-refractivity contribution in [2.75, 3.05) is 6.61 Å². The second kappa shape index (κ2) is 14.7. The number of esters is 2. The summed E-state index contributed by atoms with van der Waals surface area (Å²) in [5.74, 6) is -1.57. The summed E-state index contributed by atoms with van der Waals surface area (Å²) < 4.78 is 18.0. The zero-order valence-corrected chi connectivity index (χ0v) is 20.3. The third-order valence-corrected chi connectivity index (χ3v) is 5.91. The van der Waals surface area contributed by atoms with Crippen molar-refractivity contribution in [3.05, 3.63) is 30.1 Å². The lowest BCUT2D eigenvalue weighted by Crippen LogP contribution is -2.48. The number of unbranched alkanes of at least 4 members (excludes halogenated alkanes) is 8. The maximum atomic E-state index is 12.1. The van der Waals surface area contributed by atoms with Gasteiger partial charge in [-0.05, 0) is 12.5 Å². The number of hydrogen-bond donors (Lipinski definition) is 2. The normalized spacial score (nSPS) is 21.9. The number of amides is 1. The Morgan fingerprint density at radius 3 is 2.35 bits per heavy atom. The third kappa shape index (κ3) is 9.02. The molecular formula is C25H39N2O7+. The average Bonchev–Trinajstić information content (AvgIpc) is 3.11. The van der Waals surface area contributed by atoms with E-state index in [2.05, 4.69) is 6.92 Å². The van der Waals surface area contributed by atoms with Gasteiger partial charge in [-0.2, -0.15) is 4.57 Å². The summed E-state index contributed by atoms with van der Waals surface area (Å²) in [4.78, 5) is 35.2. The van der Waals surface area contributed by atoms with Gasteiger partial charge in [0.25, 0.3) is 5.91 Å². The quantitative estimate of drug-likeness (QED) is 0.225. The number of primary amides is 1. The van der Waals surface area contributed by atoms with E-state index in [1.807, 2.05) is 0 Å². The molecule has 3 N–H and O–H groups in total. The summed E-state index contributed by atoms with van der Waals surface area (Å²) >= 11 is 0. The minimum atomic E-state index is -1.21. The van der Waals surface area contributed by atoms with Crippen molar-refractivity contribution >= 4 is 17.8 Å². The Morgan fingerprint density at radius 2 is 1.74 bits per heavy atom. The summed E-state index contributed by atoms with van der Waals surface area (Å²) in [7, 11) is 0. The maximum Gasteiger partial charge on any atom is 0.305 e. The van der Waals surface area contributed by atoms with Crippen molar-refractivity contribution in [2.24, 2.45) is 5.73 Å². The van der Waals surface area contributed by atoms with Crippen LogP contribution in [0.4, 0.5) is 0 Å². The lowest BCUT2D eigenvalue weighted by Gasteiger charge is -2.17. The predicted molar refractivity (Wildman–Crippen MR) is 123 cm³/mol. The number of nitrogens with two attached hydrogens (primary N) is 1. The molecule has 0 bridgehead atoms. The van der Waals surface area contributed by atoms with Gasteiger partial charge in [0.1, 0.15) is 24.4 Å². The van der Waals surface area contributed by atoms with E-state index in [0.29, 0.717) is 6.42 Å². The molecule has 0 aliphatic carbocycles. The molecule has 1 aromatic heterocycles. The minimum absolute atomic E-state index is 0.165. The minimum Gasteiger partial charge on any atom is -0.463 e. The van der Waals surface area contributed by atoms with E-state index in [9.17, 15) is 19.5 Å². The Labute approximate surface area is 201 Å². The Kier molecular flexibility index (Phi) is 12.0. The fourth-order valence-corrected chi connectivity index (χ4v) is 4.04. The first-order chi connectivity index (χ1) is 16.3. The molecule has 1 aliphatic heterocycles. The molecule has 0 aromatic carbocycles. The average molecular weight is 480 g/mol. The number of carbonyl (C=O) groups excluding carboxylic acids is 3. The SMILES string of the molecule is CCCCCCCCCCCC(=O)OC[C@H]1O[C@@H]([n+]2cccc(C(N)=O)c2)[C@H](OC(C)=O)[C@@H]1O. The van der Waals surface area contributed by atoms with Gasteiger partial charge in [-0.15, -0.1) is 0 Å². The largest absolute Gasteiger partial charge is 0.463 e. The van der Waals surface area contributed by atoms with Gasteiger partial charge in [-0.3, -0.25) is 14.4 Å². The molecule has 2 heterocycles. The van der Waals surface area contributed by atoms with Crippen molar-refractivity contribution in [1.82, 2.24) is 0 Å². The summed E-state index contributed by atoms with van der Waals surface area (Å²) in [6.07, 6.45) is 9.74. The number of ether oxygens (including phenoxy) is 3. The van der Waals surface area contributed by atoms with Crippen molar-refractivity contribution in [3.8, 4) is 0 Å². The molecule has 0 saturated carbocycles. The van der Waals surface area contributed by atoms with E-state index in [0.717, 1.165) is 19.3 Å². The smallest absolute Gasteiger partial charge is 0.305 e. The third-order valence-electron chi connectivity index (χ3n) is 5.91. The highest BCUT2D eigenvalue weighted by atomic mass is 16.6. The lowest BCUT2D eigenvalue weighted by atomic mass is 10.1. The highest BCUT2D eigenvalue weighted by Crippen LogP contribution is 2.29. The van der Waals surface area contributed by atoms with Crippen LogP contribution >= 0.6 is 0 Å². The first kappa shape index (κ1) is 27.7. The number of aliphatic hydroxyl groups is 1. The standard InChI is InChI=1S/C25H38N2O7/c1-3-4-5-6-7-8-9-10-11-14-21(29)32-17-20-22(30)23(33-18(2)28)25(34-20)27-15-12-13-19(16-27)24(26)31/h12-13,15-16,20,22-23,25,30H,3-11,14,17H2,1-2H3,(H-,26,31)/p+1/t20-,22-,23-,25-/m1/s1. The molecule has 9 nitrogen and oxygen atoms in total. The number of aromatic nitrogens is 1. The second-order valence-electron chi connectivity index (χ2n) is 8.80. The maximum absolute atomic E-state index is 12.1. The van der Waals surface area contributed by atoms with E-state index in [4.69, 9.17) is 19.9 Å². The topological polar surface area (TPSA) is 129 Å². The molecule has 4 atom stereocenters. The number of carbonyl (C=O) groups is 3. The van der Waals surface area contributed by atoms with Crippen LogP contribution in [0.1, 0.15) is 94.6 Å². The monoisotopic (exact) mass is 479 g/mol. The molecule has 0 unspecified atom stereocenters. The molecule has 2 rings (SSSR count). The van der Waals surface area contributed by atoms with Crippen molar-refractivity contribution in [2.45, 2.75) is 103 Å². The van der Waals surface area contributed by atoms with Gasteiger partial charge in [0.05, 0.1) is 0 Å². The lowest BCUT2D eigenvalue weighted by molar-refractivity contribution is -0.765. The highest BCUT2D eigenvalue weighted by Gasteiger charge is 2.52. The summed E-state index contributed by atoms with van der Waals surface area (Å²) in [5, 5.41) is 10.7. The molecule has 1 aromatic rings. The zero-order chi connectivity index (χ0) is 24.9. The molecule has 0 radical (unpaired) electrons. The Morgan fingerprint density at radius 1 is 1.09 bits per heavy atom. The molecular weight excluding hydrogens is 440 g/mol. The Hall–Kier alpha value is -2.52. The fourth-order valence-electron chi connectivity index (χ4n) is 4.04. The van der Waals surface area contributed by atoms with Crippen LogP contribution in [0.15, 0.2) is 24.5 Å². The van der Waals surface area contributed by atoms with Crippen LogP contribution in [-0.4, -0.2) is 47.9 Å². The zero-order valence-electron chi connectivity index (χ0n) is 20.3. The first-order valence-electron chi connectivity index (χ1n) is 12.3. The van der Waals surface area contributed by atoms with Crippen molar-refractivity contribution in [3.63, 3.8) is 0 Å². The number of pyridine rings is 1. The molecule has 1 fully saturated rings. The molecule has 190 valence electrons. The van der Waals surface area contributed by atoms with Gasteiger partial charge in [-0.1, -0.05) is 58.3 Å². The van der Waals surface area contributed by atoms with Gasteiger partial charge in [0, 0.05) is 19.4 Å². The van der Waals surface area contributed by atoms with Gasteiger partial charge in [-0.25, -0.2) is 0 Å². The molecule has 1 saturated heterocycles. The number of aliphatic hydroxyl groups excluding tert-OH is 1. The summed E-state index contributed by atoms with van der Waals surface area (Å²) in [6.45, 7) is 3.27. The Balaban J connectivity index is 1.80. The first-order valence-corrected chi connectivity index (χ1v) is 12.3. The van der Waals surface area contributed by atoms with Crippen LogP contribution in [0.25, 0.3) is 0 Å². The van der Waals surface area contributed by atoms with E-state index < -0.39 is 36.4 Å². The van der Waals surface area contributed by atoms with Crippen LogP contribution in [0.3, 0.4) is 0 Å². The van der Waals surface area contributed by atoms with Gasteiger partial charge < -0.3 is 25.1 Å². The summed E-state index contributed by atoms with van der Waals surface area (Å²) in [6, 6.07) is 3.13. The van der Waals surface area contributed by atoms with Crippen LogP contribution < -0.4 is 10.3 Å². The van der Waals surface area contributed by atoms with Gasteiger partial charge in [0.2, 0.25) is 6.10 Å². The Bertz CT molecular complexity index is 801. The van der Waals surface area contributed by atoms with E-state index >= 15 is 0 Å². The number of nitrogens with zero attached hydrogens (tertiary/aromatic N) is 1. The number of hydrogen-bond acceptors (Lipinski definition) is 7. The molecule has 1 aliphatic rings. The van der Waals surface area contributed by atoms with Crippen LogP contribution in [-0.2, 0) is 23.8 Å². The fraction of sp³-hybridized carbons (Fsp3) is 0.680. The second-order valence-corrected chi connectivity index (χ2v) is 8.80.